The number of methoxy groups -OCH3 is 2. The number of carboxylic acid groups (broad SMARTS) is 1. The fourth-order valence-corrected chi connectivity index (χ4v) is 4.49. The Labute approximate surface area is 210 Å². The number of carbonyl (C=O) groups excluding carboxylic acids is 1. The lowest BCUT2D eigenvalue weighted by Crippen LogP contribution is -2.32. The Morgan fingerprint density at radius 3 is 2.46 bits per heavy atom. The van der Waals surface area contributed by atoms with Gasteiger partial charge in [0.15, 0.2) is 6.10 Å². The summed E-state index contributed by atoms with van der Waals surface area (Å²) in [7, 11) is 3.16. The number of carbonyl (C=O) groups is 2. The lowest BCUT2D eigenvalue weighted by atomic mass is 9.82. The minimum Gasteiger partial charge on any atom is -0.495 e. The molecule has 190 valence electrons. The minimum absolute atomic E-state index is 0.230. The predicted octanol–water partition coefficient (Wildman–Crippen LogP) is 4.69. The number of aliphatic carboxylic acids is 1. The highest BCUT2D eigenvalue weighted by molar-refractivity contribution is 6.32. The summed E-state index contributed by atoms with van der Waals surface area (Å²) in [6, 6.07) is 8.66. The first-order chi connectivity index (χ1) is 16.9. The lowest BCUT2D eigenvalue weighted by molar-refractivity contribution is -0.143. The molecule has 2 N–H and O–H groups in total. The summed E-state index contributed by atoms with van der Waals surface area (Å²) in [5.41, 5.74) is 1.94. The molecule has 0 saturated heterocycles. The van der Waals surface area contributed by atoms with Crippen LogP contribution < -0.4 is 14.8 Å². The highest BCUT2D eigenvalue weighted by Gasteiger charge is 2.26. The molecule has 35 heavy (non-hydrogen) atoms. The van der Waals surface area contributed by atoms with E-state index in [1.54, 1.807) is 32.4 Å². The molecule has 0 bridgehead atoms. The Bertz CT molecular complexity index is 1020. The van der Waals surface area contributed by atoms with Gasteiger partial charge in [-0.25, -0.2) is 4.98 Å². The van der Waals surface area contributed by atoms with Gasteiger partial charge in [-0.3, -0.25) is 9.59 Å². The van der Waals surface area contributed by atoms with Crippen LogP contribution in [-0.4, -0.2) is 49.3 Å². The number of amides is 1. The van der Waals surface area contributed by atoms with Crippen molar-refractivity contribution in [2.24, 2.45) is 11.8 Å². The Morgan fingerprint density at radius 1 is 1.14 bits per heavy atom. The number of carboxylic acids is 1. The third-order valence-electron chi connectivity index (χ3n) is 6.36. The van der Waals surface area contributed by atoms with Crippen molar-refractivity contribution in [3.63, 3.8) is 0 Å². The highest BCUT2D eigenvalue weighted by atomic mass is 35.5. The topological polar surface area (TPSA) is 107 Å². The fourth-order valence-electron chi connectivity index (χ4n) is 4.27. The van der Waals surface area contributed by atoms with Gasteiger partial charge < -0.3 is 24.6 Å². The zero-order chi connectivity index (χ0) is 25.4. The van der Waals surface area contributed by atoms with E-state index < -0.39 is 12.1 Å². The van der Waals surface area contributed by atoms with Crippen molar-refractivity contribution in [2.45, 2.75) is 45.1 Å². The molecule has 0 radical (unpaired) electrons. The van der Waals surface area contributed by atoms with Crippen LogP contribution in [0.2, 0.25) is 5.02 Å². The van der Waals surface area contributed by atoms with Crippen LogP contribution in [0, 0.1) is 11.8 Å². The molecule has 1 amide bonds. The zero-order valence-electron chi connectivity index (χ0n) is 20.4. The number of halogens is 1. The third kappa shape index (κ3) is 7.08. The number of pyridine rings is 1. The number of aromatic nitrogens is 1. The average Bonchev–Trinajstić information content (AvgIpc) is 2.87. The summed E-state index contributed by atoms with van der Waals surface area (Å²) in [5, 5.41) is 12.4. The molecular formula is C26H33ClN2O6. The quantitative estimate of drug-likeness (QED) is 0.457. The average molecular weight is 505 g/mol. The van der Waals surface area contributed by atoms with Gasteiger partial charge in [-0.15, -0.1) is 0 Å². The van der Waals surface area contributed by atoms with E-state index in [1.165, 1.54) is 0 Å². The molecule has 1 aliphatic carbocycles. The molecule has 1 saturated carbocycles. The predicted molar refractivity (Wildman–Crippen MR) is 132 cm³/mol. The van der Waals surface area contributed by atoms with Gasteiger partial charge >= 0.3 is 5.97 Å². The molecule has 1 aromatic carbocycles. The smallest absolute Gasteiger partial charge is 0.306 e. The maximum absolute atomic E-state index is 12.7. The Balaban J connectivity index is 1.65. The summed E-state index contributed by atoms with van der Waals surface area (Å²) >= 11 is 6.48. The van der Waals surface area contributed by atoms with E-state index in [0.29, 0.717) is 47.2 Å². The highest BCUT2D eigenvalue weighted by Crippen LogP contribution is 2.33. The molecule has 0 spiro atoms. The first-order valence-corrected chi connectivity index (χ1v) is 12.2. The molecule has 8 nitrogen and oxygen atoms in total. The van der Waals surface area contributed by atoms with Crippen molar-refractivity contribution in [3.8, 4) is 11.5 Å². The van der Waals surface area contributed by atoms with E-state index in [-0.39, 0.29) is 24.3 Å². The first kappa shape index (κ1) is 26.8. The van der Waals surface area contributed by atoms with Crippen molar-refractivity contribution >= 4 is 23.5 Å². The normalized spacial score (nSPS) is 18.5. The molecule has 1 heterocycles. The number of nitrogens with one attached hydrogen (secondary N) is 1. The molecule has 1 aromatic heterocycles. The third-order valence-corrected chi connectivity index (χ3v) is 6.65. The number of hydrogen-bond donors (Lipinski definition) is 2. The van der Waals surface area contributed by atoms with Crippen LogP contribution in [0.15, 0.2) is 30.3 Å². The monoisotopic (exact) mass is 504 g/mol. The molecule has 3 rings (SSSR count). The number of ether oxygens (including phenoxy) is 3. The molecule has 0 unspecified atom stereocenters. The summed E-state index contributed by atoms with van der Waals surface area (Å²) < 4.78 is 17.0. The van der Waals surface area contributed by atoms with Crippen LogP contribution >= 0.6 is 11.6 Å². The van der Waals surface area contributed by atoms with Gasteiger partial charge in [-0.05, 0) is 68.4 Å². The summed E-state index contributed by atoms with van der Waals surface area (Å²) in [5.74, 6) is 0.0473. The zero-order valence-corrected chi connectivity index (χ0v) is 21.1. The molecule has 2 aromatic rings. The second-order valence-electron chi connectivity index (χ2n) is 8.72. The Morgan fingerprint density at radius 2 is 1.86 bits per heavy atom. The standard InChI is InChI=1S/C26H33ClN2O6/c1-4-19-10-12-22(34-3)24(29-19)23(15-33-2)35-21-11-9-18(13-20(21)27)25(30)28-14-16-5-7-17(8-6-16)26(31)32/h9-13,16-17,23H,4-8,14-15H2,1-3H3,(H,28,30)(H,31,32)/t16?,17?,23-/m1/s1. The van der Waals surface area contributed by atoms with Crippen LogP contribution in [-0.2, 0) is 16.0 Å². The van der Waals surface area contributed by atoms with Gasteiger partial charge in [-0.1, -0.05) is 18.5 Å². The van der Waals surface area contributed by atoms with E-state index in [4.69, 9.17) is 30.9 Å². The summed E-state index contributed by atoms with van der Waals surface area (Å²) in [6.45, 7) is 2.77. The molecule has 1 aliphatic rings. The Hall–Kier alpha value is -2.84. The van der Waals surface area contributed by atoms with Crippen molar-refractivity contribution in [1.82, 2.24) is 10.3 Å². The molecular weight excluding hydrogens is 472 g/mol. The number of hydrogen-bond acceptors (Lipinski definition) is 6. The minimum atomic E-state index is -0.732. The maximum Gasteiger partial charge on any atom is 0.306 e. The second-order valence-corrected chi connectivity index (χ2v) is 9.12. The van der Waals surface area contributed by atoms with Crippen molar-refractivity contribution in [2.75, 3.05) is 27.4 Å². The molecule has 1 fully saturated rings. The van der Waals surface area contributed by atoms with Crippen LogP contribution in [0.25, 0.3) is 0 Å². The van der Waals surface area contributed by atoms with Crippen LogP contribution in [0.5, 0.6) is 11.5 Å². The van der Waals surface area contributed by atoms with Gasteiger partial charge in [0.05, 0.1) is 24.7 Å². The lowest BCUT2D eigenvalue weighted by Gasteiger charge is -2.26. The number of aryl methyl sites for hydroxylation is 1. The summed E-state index contributed by atoms with van der Waals surface area (Å²) in [6.07, 6.45) is 3.10. The van der Waals surface area contributed by atoms with E-state index >= 15 is 0 Å². The number of rotatable bonds is 11. The largest absolute Gasteiger partial charge is 0.495 e. The molecule has 0 aliphatic heterocycles. The van der Waals surface area contributed by atoms with E-state index in [9.17, 15) is 9.59 Å². The van der Waals surface area contributed by atoms with Gasteiger partial charge in [-0.2, -0.15) is 0 Å². The van der Waals surface area contributed by atoms with Gasteiger partial charge in [0.2, 0.25) is 0 Å². The molecule has 1 atom stereocenters. The first-order valence-electron chi connectivity index (χ1n) is 11.9. The van der Waals surface area contributed by atoms with Gasteiger partial charge in [0, 0.05) is 24.9 Å². The maximum atomic E-state index is 12.7. The summed E-state index contributed by atoms with van der Waals surface area (Å²) in [4.78, 5) is 28.4. The van der Waals surface area contributed by atoms with Crippen molar-refractivity contribution in [1.29, 1.82) is 0 Å². The van der Waals surface area contributed by atoms with Crippen molar-refractivity contribution < 1.29 is 28.9 Å². The SMILES string of the molecule is CCc1ccc(OC)c([C@@H](COC)Oc2ccc(C(=O)NCC3CCC(C(=O)O)CC3)cc2Cl)n1. The fraction of sp³-hybridized carbons (Fsp3) is 0.500. The van der Waals surface area contributed by atoms with Crippen molar-refractivity contribution in [3.05, 3.63) is 52.3 Å². The van der Waals surface area contributed by atoms with E-state index in [0.717, 1.165) is 25.0 Å². The van der Waals surface area contributed by atoms with E-state index in [2.05, 4.69) is 10.3 Å². The number of nitrogens with zero attached hydrogens (tertiary/aromatic N) is 1. The molecule has 9 heteroatoms. The van der Waals surface area contributed by atoms with Gasteiger partial charge in [0.25, 0.3) is 5.91 Å². The van der Waals surface area contributed by atoms with E-state index in [1.807, 2.05) is 19.1 Å². The van der Waals surface area contributed by atoms with Gasteiger partial charge in [0.1, 0.15) is 17.2 Å². The number of benzene rings is 1. The second kappa shape index (κ2) is 12.7. The van der Waals surface area contributed by atoms with Crippen LogP contribution in [0.3, 0.4) is 0 Å². The van der Waals surface area contributed by atoms with Crippen LogP contribution in [0.1, 0.15) is 60.5 Å². The van der Waals surface area contributed by atoms with Crippen LogP contribution in [0.4, 0.5) is 0 Å². The Kier molecular flexibility index (Phi) is 9.74.